The molecule has 0 N–H and O–H groups in total. The molecule has 0 radical (unpaired) electrons. The van der Waals surface area contributed by atoms with Crippen LogP contribution in [-0.2, 0) is 11.3 Å². The van der Waals surface area contributed by atoms with Gasteiger partial charge in [0.15, 0.2) is 0 Å². The molecule has 1 amide bonds. The van der Waals surface area contributed by atoms with Gasteiger partial charge in [-0.15, -0.1) is 0 Å². The standard InChI is InChI=1S/C28H32BrN5O2/c29-25-12-10-23(11-13-25)27-30-26(36-31-27)21-33-15-5-9-24(20-33)28(35)34-18-16-32(17-19-34)14-4-8-22-6-2-1-3-7-22/h1-4,6-8,10-13,24H,5,9,14-21H2/b8-4+. The van der Waals surface area contributed by atoms with Crippen LogP contribution in [-0.4, -0.2) is 76.6 Å². The first kappa shape index (κ1) is 24.9. The number of hydrogen-bond acceptors (Lipinski definition) is 6. The van der Waals surface area contributed by atoms with Crippen molar-refractivity contribution in [2.75, 3.05) is 45.8 Å². The number of aromatic nitrogens is 2. The lowest BCUT2D eigenvalue weighted by Crippen LogP contribution is -2.52. The molecular formula is C28H32BrN5O2. The molecule has 2 saturated heterocycles. The van der Waals surface area contributed by atoms with Crippen molar-refractivity contribution in [1.82, 2.24) is 24.8 Å². The molecule has 1 unspecified atom stereocenters. The van der Waals surface area contributed by atoms with E-state index in [-0.39, 0.29) is 5.92 Å². The van der Waals surface area contributed by atoms with E-state index in [1.165, 1.54) is 5.56 Å². The molecule has 188 valence electrons. The van der Waals surface area contributed by atoms with E-state index in [2.05, 4.69) is 77.2 Å². The molecule has 1 aromatic heterocycles. The number of halogens is 1. The van der Waals surface area contributed by atoms with Crippen molar-refractivity contribution in [3.63, 3.8) is 0 Å². The first-order valence-electron chi connectivity index (χ1n) is 12.7. The van der Waals surface area contributed by atoms with Crippen LogP contribution in [0.2, 0.25) is 0 Å². The highest BCUT2D eigenvalue weighted by Crippen LogP contribution is 2.23. The lowest BCUT2D eigenvalue weighted by molar-refractivity contribution is -0.139. The van der Waals surface area contributed by atoms with Crippen LogP contribution < -0.4 is 0 Å². The Balaban J connectivity index is 1.09. The molecule has 0 saturated carbocycles. The van der Waals surface area contributed by atoms with Crippen LogP contribution in [0.1, 0.15) is 24.3 Å². The van der Waals surface area contributed by atoms with Gasteiger partial charge in [0.05, 0.1) is 12.5 Å². The Labute approximate surface area is 220 Å². The summed E-state index contributed by atoms with van der Waals surface area (Å²) in [5, 5.41) is 4.14. The smallest absolute Gasteiger partial charge is 0.241 e. The Bertz CT molecular complexity index is 1160. The maximum Gasteiger partial charge on any atom is 0.241 e. The fraction of sp³-hybridized carbons (Fsp3) is 0.393. The summed E-state index contributed by atoms with van der Waals surface area (Å²) in [4.78, 5) is 24.6. The van der Waals surface area contributed by atoms with E-state index >= 15 is 0 Å². The second-order valence-electron chi connectivity index (χ2n) is 9.53. The zero-order valence-electron chi connectivity index (χ0n) is 20.4. The summed E-state index contributed by atoms with van der Waals surface area (Å²) < 4.78 is 6.53. The number of piperazine rings is 1. The predicted octanol–water partition coefficient (Wildman–Crippen LogP) is 4.57. The second-order valence-corrected chi connectivity index (χ2v) is 10.4. The quantitative estimate of drug-likeness (QED) is 0.430. The molecule has 3 aromatic rings. The van der Waals surface area contributed by atoms with Crippen molar-refractivity contribution >= 4 is 27.9 Å². The summed E-state index contributed by atoms with van der Waals surface area (Å²) in [6.07, 6.45) is 6.34. The summed E-state index contributed by atoms with van der Waals surface area (Å²) >= 11 is 3.45. The molecule has 1 atom stereocenters. The monoisotopic (exact) mass is 549 g/mol. The first-order chi connectivity index (χ1) is 17.6. The lowest BCUT2D eigenvalue weighted by atomic mass is 9.96. The fourth-order valence-electron chi connectivity index (χ4n) is 4.94. The Morgan fingerprint density at radius 3 is 2.56 bits per heavy atom. The molecule has 8 heteroatoms. The molecule has 0 aliphatic carbocycles. The molecule has 2 fully saturated rings. The highest BCUT2D eigenvalue weighted by molar-refractivity contribution is 9.10. The van der Waals surface area contributed by atoms with Crippen molar-refractivity contribution in [2.45, 2.75) is 19.4 Å². The van der Waals surface area contributed by atoms with Crippen molar-refractivity contribution in [3.8, 4) is 11.4 Å². The molecule has 7 nitrogen and oxygen atoms in total. The van der Waals surface area contributed by atoms with Gasteiger partial charge >= 0.3 is 0 Å². The van der Waals surface area contributed by atoms with Gasteiger partial charge in [-0.25, -0.2) is 0 Å². The van der Waals surface area contributed by atoms with E-state index in [1.54, 1.807) is 0 Å². The summed E-state index contributed by atoms with van der Waals surface area (Å²) in [6.45, 7) is 6.62. The number of carbonyl (C=O) groups excluding carboxylic acids is 1. The molecule has 36 heavy (non-hydrogen) atoms. The maximum atomic E-state index is 13.3. The molecule has 0 bridgehead atoms. The van der Waals surface area contributed by atoms with Crippen molar-refractivity contribution in [1.29, 1.82) is 0 Å². The fourth-order valence-corrected chi connectivity index (χ4v) is 5.20. The van der Waals surface area contributed by atoms with Gasteiger partial charge in [0.25, 0.3) is 0 Å². The van der Waals surface area contributed by atoms with E-state index in [4.69, 9.17) is 4.52 Å². The zero-order chi connectivity index (χ0) is 24.7. The zero-order valence-corrected chi connectivity index (χ0v) is 22.0. The van der Waals surface area contributed by atoms with Crippen LogP contribution in [0.3, 0.4) is 0 Å². The van der Waals surface area contributed by atoms with Gasteiger partial charge in [0.2, 0.25) is 17.6 Å². The number of rotatable bonds is 7. The van der Waals surface area contributed by atoms with E-state index in [9.17, 15) is 4.79 Å². The van der Waals surface area contributed by atoms with Gasteiger partial charge < -0.3 is 9.42 Å². The van der Waals surface area contributed by atoms with Crippen LogP contribution in [0.5, 0.6) is 0 Å². The third-order valence-corrected chi connectivity index (χ3v) is 7.47. The van der Waals surface area contributed by atoms with E-state index in [0.29, 0.717) is 24.2 Å². The lowest BCUT2D eigenvalue weighted by Gasteiger charge is -2.38. The minimum absolute atomic E-state index is 0.0390. The number of piperidine rings is 1. The van der Waals surface area contributed by atoms with E-state index < -0.39 is 0 Å². The van der Waals surface area contributed by atoms with Gasteiger partial charge in [-0.2, -0.15) is 4.98 Å². The second kappa shape index (κ2) is 12.0. The first-order valence-corrected chi connectivity index (χ1v) is 13.5. The van der Waals surface area contributed by atoms with Gasteiger partial charge in [-0.1, -0.05) is 63.6 Å². The highest BCUT2D eigenvalue weighted by atomic mass is 79.9. The molecule has 2 aromatic carbocycles. The number of likely N-dealkylation sites (tertiary alicyclic amines) is 1. The number of nitrogens with zero attached hydrogens (tertiary/aromatic N) is 5. The Morgan fingerprint density at radius 1 is 1.00 bits per heavy atom. The van der Waals surface area contributed by atoms with Crippen LogP contribution >= 0.6 is 15.9 Å². The largest absolute Gasteiger partial charge is 0.340 e. The Hall–Kier alpha value is -2.81. The minimum Gasteiger partial charge on any atom is -0.340 e. The molecular weight excluding hydrogens is 518 g/mol. The average Bonchev–Trinajstić information content (AvgIpc) is 3.38. The molecule has 0 spiro atoms. The summed E-state index contributed by atoms with van der Waals surface area (Å²) in [7, 11) is 0. The summed E-state index contributed by atoms with van der Waals surface area (Å²) in [5.74, 6) is 1.52. The van der Waals surface area contributed by atoms with Crippen LogP contribution in [0, 0.1) is 5.92 Å². The third-order valence-electron chi connectivity index (χ3n) is 6.94. The molecule has 3 heterocycles. The minimum atomic E-state index is 0.0390. The van der Waals surface area contributed by atoms with E-state index in [1.807, 2.05) is 30.3 Å². The summed E-state index contributed by atoms with van der Waals surface area (Å²) in [6, 6.07) is 18.2. The Morgan fingerprint density at radius 2 is 1.78 bits per heavy atom. The Kier molecular flexibility index (Phi) is 8.25. The van der Waals surface area contributed by atoms with Gasteiger partial charge in [0.1, 0.15) is 0 Å². The van der Waals surface area contributed by atoms with Crippen molar-refractivity contribution < 1.29 is 9.32 Å². The van der Waals surface area contributed by atoms with Gasteiger partial charge in [-0.3, -0.25) is 14.6 Å². The van der Waals surface area contributed by atoms with Crippen LogP contribution in [0.4, 0.5) is 0 Å². The van der Waals surface area contributed by atoms with Crippen LogP contribution in [0.15, 0.2) is 69.7 Å². The van der Waals surface area contributed by atoms with E-state index in [0.717, 1.165) is 68.7 Å². The number of benzene rings is 2. The third kappa shape index (κ3) is 6.49. The van der Waals surface area contributed by atoms with Crippen LogP contribution in [0.25, 0.3) is 17.5 Å². The van der Waals surface area contributed by atoms with Crippen molar-refractivity contribution in [3.05, 3.63) is 76.6 Å². The average molecular weight is 551 g/mol. The van der Waals surface area contributed by atoms with Gasteiger partial charge in [0, 0.05) is 49.3 Å². The number of amides is 1. The predicted molar refractivity (Wildman–Crippen MR) is 144 cm³/mol. The van der Waals surface area contributed by atoms with Gasteiger partial charge in [-0.05, 0) is 49.2 Å². The molecule has 2 aliphatic rings. The SMILES string of the molecule is O=C(C1CCCN(Cc2nc(-c3ccc(Br)cc3)no2)C1)N1CCN(C/C=C/c2ccccc2)CC1. The topological polar surface area (TPSA) is 65.7 Å². The van der Waals surface area contributed by atoms with Crippen molar-refractivity contribution in [2.24, 2.45) is 5.92 Å². The normalized spacial score (nSPS) is 19.7. The molecule has 2 aliphatic heterocycles. The highest BCUT2D eigenvalue weighted by Gasteiger charge is 2.31. The number of carbonyl (C=O) groups is 1. The number of hydrogen-bond donors (Lipinski definition) is 0. The molecule has 5 rings (SSSR count). The maximum absolute atomic E-state index is 13.3. The summed E-state index contributed by atoms with van der Waals surface area (Å²) in [5.41, 5.74) is 2.15.